The quantitative estimate of drug-likeness (QED) is 0.594. The van der Waals surface area contributed by atoms with Crippen molar-refractivity contribution in [2.24, 2.45) is 7.05 Å². The van der Waals surface area contributed by atoms with E-state index in [1.807, 2.05) is 30.2 Å². The van der Waals surface area contributed by atoms with Gasteiger partial charge in [-0.3, -0.25) is 4.68 Å². The fourth-order valence-corrected chi connectivity index (χ4v) is 3.01. The van der Waals surface area contributed by atoms with Gasteiger partial charge < -0.3 is 4.98 Å². The highest BCUT2D eigenvalue weighted by Gasteiger charge is 2.06. The zero-order valence-corrected chi connectivity index (χ0v) is 14.6. The molecule has 3 rings (SSSR count). The van der Waals surface area contributed by atoms with Crippen LogP contribution in [0.2, 0.25) is 0 Å². The van der Waals surface area contributed by atoms with Crippen LogP contribution in [0.1, 0.15) is 44.9 Å². The number of benzene rings is 1. The Morgan fingerprint density at radius 1 is 0.958 bits per heavy atom. The molecule has 4 heteroatoms. The van der Waals surface area contributed by atoms with Crippen molar-refractivity contribution in [3.8, 4) is 22.5 Å². The van der Waals surface area contributed by atoms with Crippen LogP contribution in [0.15, 0.2) is 42.7 Å². The van der Waals surface area contributed by atoms with Crippen molar-refractivity contribution in [1.82, 2.24) is 19.7 Å². The van der Waals surface area contributed by atoms with Crippen molar-refractivity contribution in [2.45, 2.75) is 45.4 Å². The third-order valence-electron chi connectivity index (χ3n) is 4.46. The van der Waals surface area contributed by atoms with Gasteiger partial charge in [-0.05, 0) is 23.6 Å². The Morgan fingerprint density at radius 2 is 1.71 bits per heavy atom. The van der Waals surface area contributed by atoms with E-state index in [-0.39, 0.29) is 0 Å². The average Bonchev–Trinajstić information content (AvgIpc) is 3.24. The van der Waals surface area contributed by atoms with Crippen LogP contribution >= 0.6 is 0 Å². The lowest BCUT2D eigenvalue weighted by atomic mass is 10.1. The van der Waals surface area contributed by atoms with Gasteiger partial charge in [0.1, 0.15) is 5.82 Å². The first-order chi connectivity index (χ1) is 11.8. The summed E-state index contributed by atoms with van der Waals surface area (Å²) in [5.74, 6) is 1.09. The molecule has 0 aliphatic carbocycles. The number of hydrogen-bond acceptors (Lipinski definition) is 2. The van der Waals surface area contributed by atoms with Crippen molar-refractivity contribution in [3.63, 3.8) is 0 Å². The van der Waals surface area contributed by atoms with E-state index >= 15 is 0 Å². The zero-order valence-electron chi connectivity index (χ0n) is 14.6. The van der Waals surface area contributed by atoms with Gasteiger partial charge in [0.2, 0.25) is 0 Å². The molecule has 0 fully saturated rings. The number of H-pyrrole nitrogens is 1. The fourth-order valence-electron chi connectivity index (χ4n) is 3.01. The molecule has 126 valence electrons. The van der Waals surface area contributed by atoms with Crippen molar-refractivity contribution in [1.29, 1.82) is 0 Å². The summed E-state index contributed by atoms with van der Waals surface area (Å²) in [5, 5.41) is 4.22. The van der Waals surface area contributed by atoms with E-state index in [0.29, 0.717) is 0 Å². The summed E-state index contributed by atoms with van der Waals surface area (Å²) >= 11 is 0. The number of aromatic amines is 1. The highest BCUT2D eigenvalue weighted by molar-refractivity contribution is 5.66. The largest absolute Gasteiger partial charge is 0.342 e. The summed E-state index contributed by atoms with van der Waals surface area (Å²) in [6.45, 7) is 2.25. The molecule has 4 nitrogen and oxygen atoms in total. The second-order valence-electron chi connectivity index (χ2n) is 6.33. The lowest BCUT2D eigenvalue weighted by molar-refractivity contribution is 0.624. The number of imidazole rings is 1. The molecule has 2 aromatic heterocycles. The van der Waals surface area contributed by atoms with Crippen molar-refractivity contribution in [2.75, 3.05) is 0 Å². The lowest BCUT2D eigenvalue weighted by Crippen LogP contribution is -1.93. The second kappa shape index (κ2) is 7.95. The molecule has 1 N–H and O–H groups in total. The van der Waals surface area contributed by atoms with Gasteiger partial charge in [-0.15, -0.1) is 0 Å². The van der Waals surface area contributed by atoms with Crippen LogP contribution in [0.4, 0.5) is 0 Å². The van der Waals surface area contributed by atoms with Crippen LogP contribution < -0.4 is 0 Å². The van der Waals surface area contributed by atoms with Crippen LogP contribution in [0.3, 0.4) is 0 Å². The van der Waals surface area contributed by atoms with E-state index < -0.39 is 0 Å². The van der Waals surface area contributed by atoms with E-state index in [0.717, 1.165) is 23.6 Å². The summed E-state index contributed by atoms with van der Waals surface area (Å²) in [5.41, 5.74) is 4.56. The monoisotopic (exact) mass is 322 g/mol. The topological polar surface area (TPSA) is 46.5 Å². The first kappa shape index (κ1) is 16.5. The van der Waals surface area contributed by atoms with Gasteiger partial charge >= 0.3 is 0 Å². The van der Waals surface area contributed by atoms with Gasteiger partial charge in [0, 0.05) is 19.7 Å². The molecule has 0 atom stereocenters. The van der Waals surface area contributed by atoms with Gasteiger partial charge in [-0.1, -0.05) is 56.9 Å². The Kier molecular flexibility index (Phi) is 5.47. The van der Waals surface area contributed by atoms with Crippen molar-refractivity contribution < 1.29 is 0 Å². The van der Waals surface area contributed by atoms with Crippen LogP contribution in [0.5, 0.6) is 0 Å². The van der Waals surface area contributed by atoms with E-state index in [2.05, 4.69) is 46.3 Å². The number of aromatic nitrogens is 4. The van der Waals surface area contributed by atoms with Gasteiger partial charge in [-0.2, -0.15) is 5.10 Å². The minimum Gasteiger partial charge on any atom is -0.342 e. The smallest absolute Gasteiger partial charge is 0.106 e. The Hall–Kier alpha value is -2.36. The molecule has 2 heterocycles. The number of rotatable bonds is 8. The molecule has 0 radical (unpaired) electrons. The molecule has 1 aromatic carbocycles. The van der Waals surface area contributed by atoms with E-state index in [4.69, 9.17) is 0 Å². The third-order valence-corrected chi connectivity index (χ3v) is 4.46. The van der Waals surface area contributed by atoms with E-state index in [1.165, 1.54) is 43.2 Å². The van der Waals surface area contributed by atoms with E-state index in [9.17, 15) is 0 Å². The molecule has 0 saturated heterocycles. The predicted molar refractivity (Wildman–Crippen MR) is 98.7 cm³/mol. The van der Waals surface area contributed by atoms with Crippen LogP contribution in [-0.4, -0.2) is 19.7 Å². The molecule has 24 heavy (non-hydrogen) atoms. The average molecular weight is 322 g/mol. The summed E-state index contributed by atoms with van der Waals surface area (Å²) in [4.78, 5) is 7.98. The Bertz CT molecular complexity index is 752. The van der Waals surface area contributed by atoms with Gasteiger partial charge in [0.15, 0.2) is 0 Å². The molecule has 0 spiro atoms. The molecule has 0 saturated carbocycles. The van der Waals surface area contributed by atoms with Crippen molar-refractivity contribution in [3.05, 3.63) is 48.5 Å². The number of hydrogen-bond donors (Lipinski definition) is 1. The summed E-state index contributed by atoms with van der Waals surface area (Å²) in [7, 11) is 1.96. The lowest BCUT2D eigenvalue weighted by Gasteiger charge is -2.03. The third kappa shape index (κ3) is 3.94. The maximum absolute atomic E-state index is 4.53. The minimum absolute atomic E-state index is 1.04. The molecule has 3 aromatic rings. The highest BCUT2D eigenvalue weighted by Crippen LogP contribution is 2.23. The standard InChI is InChI=1S/C20H26N4/c1-3-4-5-6-7-8-20-21-15-18(23-20)16-9-11-17(12-10-16)19-13-14-22-24(19)2/h9-15H,3-8H2,1-2H3,(H,21,23). The van der Waals surface area contributed by atoms with Crippen LogP contribution in [-0.2, 0) is 13.5 Å². The molecule has 0 aliphatic rings. The molecule has 0 bridgehead atoms. The summed E-state index contributed by atoms with van der Waals surface area (Å²) < 4.78 is 1.89. The summed E-state index contributed by atoms with van der Waals surface area (Å²) in [6.07, 6.45) is 11.3. The van der Waals surface area contributed by atoms with Gasteiger partial charge in [0.05, 0.1) is 17.6 Å². The SMILES string of the molecule is CCCCCCCc1ncc(-c2ccc(-c3ccnn3C)cc2)[nH]1. The fraction of sp³-hybridized carbons (Fsp3) is 0.400. The number of unbranched alkanes of at least 4 members (excludes halogenated alkanes) is 4. The minimum atomic E-state index is 1.04. The molecular formula is C20H26N4. The van der Waals surface area contributed by atoms with Crippen LogP contribution in [0, 0.1) is 0 Å². The predicted octanol–water partition coefficient (Wildman–Crippen LogP) is 4.99. The van der Waals surface area contributed by atoms with Gasteiger partial charge in [0.25, 0.3) is 0 Å². The Morgan fingerprint density at radius 3 is 2.42 bits per heavy atom. The van der Waals surface area contributed by atoms with Crippen molar-refractivity contribution >= 4 is 0 Å². The first-order valence-corrected chi connectivity index (χ1v) is 8.90. The number of nitrogens with one attached hydrogen (secondary N) is 1. The maximum atomic E-state index is 4.53. The Labute approximate surface area is 144 Å². The summed E-state index contributed by atoms with van der Waals surface area (Å²) in [6, 6.07) is 10.6. The van der Waals surface area contributed by atoms with E-state index in [1.54, 1.807) is 0 Å². The molecule has 0 amide bonds. The molecule has 0 unspecified atom stereocenters. The molecule has 0 aliphatic heterocycles. The molecular weight excluding hydrogens is 296 g/mol. The second-order valence-corrected chi connectivity index (χ2v) is 6.33. The zero-order chi connectivity index (χ0) is 16.8. The van der Waals surface area contributed by atoms with Crippen LogP contribution in [0.25, 0.3) is 22.5 Å². The number of nitrogens with zero attached hydrogens (tertiary/aromatic N) is 3. The number of aryl methyl sites for hydroxylation is 2. The Balaban J connectivity index is 1.62. The maximum Gasteiger partial charge on any atom is 0.106 e. The first-order valence-electron chi connectivity index (χ1n) is 8.90. The normalized spacial score (nSPS) is 11.1. The highest BCUT2D eigenvalue weighted by atomic mass is 15.2. The van der Waals surface area contributed by atoms with Gasteiger partial charge in [-0.25, -0.2) is 4.98 Å².